The summed E-state index contributed by atoms with van der Waals surface area (Å²) in [4.78, 5) is 18.9. The average Bonchev–Trinajstić information content (AvgIpc) is 3.39. The summed E-state index contributed by atoms with van der Waals surface area (Å²) in [5, 5.41) is 11.5. The van der Waals surface area contributed by atoms with Crippen molar-refractivity contribution < 1.29 is 19.4 Å². The molecule has 3 atom stereocenters. The van der Waals surface area contributed by atoms with Gasteiger partial charge in [-0.15, -0.1) is 11.3 Å². The van der Waals surface area contributed by atoms with Crippen molar-refractivity contribution in [3.8, 4) is 0 Å². The van der Waals surface area contributed by atoms with Gasteiger partial charge in [0.1, 0.15) is 0 Å². The van der Waals surface area contributed by atoms with Gasteiger partial charge in [-0.3, -0.25) is 9.69 Å². The highest BCUT2D eigenvalue weighted by molar-refractivity contribution is 7.10. The van der Waals surface area contributed by atoms with Crippen LogP contribution in [0.3, 0.4) is 0 Å². The van der Waals surface area contributed by atoms with Crippen molar-refractivity contribution in [2.45, 2.75) is 38.5 Å². The molecule has 1 aromatic heterocycles. The monoisotopic (exact) mass is 470 g/mol. The molecule has 0 bridgehead atoms. The number of aliphatic hydroxyl groups excluding tert-OH is 1. The minimum atomic E-state index is -0.489. The van der Waals surface area contributed by atoms with Gasteiger partial charge in [-0.05, 0) is 42.9 Å². The van der Waals surface area contributed by atoms with Crippen LogP contribution >= 0.6 is 11.3 Å². The standard InChI is InChI=1S/C26H34N2O4S/c1-2-31-26-21(10-6-16-29)22(24-11-7-17-33-24)18-23(32-26)25(30)28-14-12-27(13-15-28)19-20-8-4-3-5-9-20/h3-5,7-9,11,17-18,21-22,26,29H,2,6,10,12-16,19H2,1H3/t21-,22-,26+/m0/s1. The number of carbonyl (C=O) groups is 1. The third kappa shape index (κ3) is 6.03. The summed E-state index contributed by atoms with van der Waals surface area (Å²) in [5.74, 6) is 0.444. The first-order chi connectivity index (χ1) is 16.2. The molecule has 1 fully saturated rings. The zero-order valence-corrected chi connectivity index (χ0v) is 20.1. The molecular formula is C26H34N2O4S. The van der Waals surface area contributed by atoms with Crippen LogP contribution in [0.2, 0.25) is 0 Å². The van der Waals surface area contributed by atoms with Gasteiger partial charge in [0.2, 0.25) is 6.29 Å². The predicted molar refractivity (Wildman–Crippen MR) is 130 cm³/mol. The molecule has 178 valence electrons. The second-order valence-electron chi connectivity index (χ2n) is 8.60. The first-order valence-corrected chi connectivity index (χ1v) is 12.8. The van der Waals surface area contributed by atoms with Crippen molar-refractivity contribution in [3.05, 3.63) is 70.1 Å². The zero-order valence-electron chi connectivity index (χ0n) is 19.3. The molecule has 0 aliphatic carbocycles. The summed E-state index contributed by atoms with van der Waals surface area (Å²) in [7, 11) is 0. The highest BCUT2D eigenvalue weighted by atomic mass is 32.1. The number of ether oxygens (including phenoxy) is 2. The van der Waals surface area contributed by atoms with Gasteiger partial charge in [0.15, 0.2) is 5.76 Å². The molecule has 3 heterocycles. The first kappa shape index (κ1) is 24.0. The molecule has 33 heavy (non-hydrogen) atoms. The van der Waals surface area contributed by atoms with Gasteiger partial charge in [-0.1, -0.05) is 36.4 Å². The molecular weight excluding hydrogens is 436 g/mol. The smallest absolute Gasteiger partial charge is 0.288 e. The van der Waals surface area contributed by atoms with Crippen molar-refractivity contribution in [3.63, 3.8) is 0 Å². The van der Waals surface area contributed by atoms with Crippen LogP contribution in [0.5, 0.6) is 0 Å². The lowest BCUT2D eigenvalue weighted by Gasteiger charge is -2.39. The number of amides is 1. The number of carbonyl (C=O) groups excluding carboxylic acids is 1. The van der Waals surface area contributed by atoms with Crippen molar-refractivity contribution in [2.24, 2.45) is 5.92 Å². The Balaban J connectivity index is 1.45. The maximum absolute atomic E-state index is 13.4. The van der Waals surface area contributed by atoms with Gasteiger partial charge < -0.3 is 19.5 Å². The number of hydrogen-bond acceptors (Lipinski definition) is 6. The van der Waals surface area contributed by atoms with Gasteiger partial charge in [0.25, 0.3) is 5.91 Å². The van der Waals surface area contributed by atoms with E-state index in [0.29, 0.717) is 31.9 Å². The molecule has 1 N–H and O–H groups in total. The molecule has 0 unspecified atom stereocenters. The number of piperazine rings is 1. The predicted octanol–water partition coefficient (Wildman–Crippen LogP) is 3.84. The second-order valence-corrected chi connectivity index (χ2v) is 9.58. The molecule has 1 saturated heterocycles. The van der Waals surface area contributed by atoms with E-state index in [4.69, 9.17) is 9.47 Å². The maximum atomic E-state index is 13.4. The number of hydrogen-bond donors (Lipinski definition) is 1. The molecule has 0 radical (unpaired) electrons. The Bertz CT molecular complexity index is 894. The Kier molecular flexibility index (Phi) is 8.56. The van der Waals surface area contributed by atoms with E-state index in [1.807, 2.05) is 30.0 Å². The maximum Gasteiger partial charge on any atom is 0.288 e. The van der Waals surface area contributed by atoms with E-state index < -0.39 is 6.29 Å². The Labute approximate surface area is 200 Å². The van der Waals surface area contributed by atoms with Crippen LogP contribution in [0, 0.1) is 5.92 Å². The molecule has 6 nitrogen and oxygen atoms in total. The zero-order chi connectivity index (χ0) is 23.0. The fourth-order valence-electron chi connectivity index (χ4n) is 4.67. The summed E-state index contributed by atoms with van der Waals surface area (Å²) in [5.41, 5.74) is 1.29. The number of aliphatic hydroxyl groups is 1. The molecule has 0 saturated carbocycles. The van der Waals surface area contributed by atoms with E-state index in [0.717, 1.165) is 26.1 Å². The Morgan fingerprint density at radius 2 is 1.94 bits per heavy atom. The summed E-state index contributed by atoms with van der Waals surface area (Å²) < 4.78 is 12.1. The summed E-state index contributed by atoms with van der Waals surface area (Å²) in [6.45, 7) is 6.55. The van der Waals surface area contributed by atoms with E-state index in [9.17, 15) is 9.90 Å². The second kappa shape index (κ2) is 11.8. The molecule has 4 rings (SSSR count). The van der Waals surface area contributed by atoms with Gasteiger partial charge in [0.05, 0.1) is 0 Å². The van der Waals surface area contributed by atoms with Gasteiger partial charge >= 0.3 is 0 Å². The summed E-state index contributed by atoms with van der Waals surface area (Å²) in [6, 6.07) is 14.6. The molecule has 2 aliphatic heterocycles. The molecule has 2 aliphatic rings. The van der Waals surface area contributed by atoms with Crippen molar-refractivity contribution >= 4 is 17.2 Å². The van der Waals surface area contributed by atoms with E-state index in [1.165, 1.54) is 10.4 Å². The fraction of sp³-hybridized carbons (Fsp3) is 0.500. The minimum Gasteiger partial charge on any atom is -0.459 e. The van der Waals surface area contributed by atoms with Crippen molar-refractivity contribution in [1.29, 1.82) is 0 Å². The number of thiophene rings is 1. The van der Waals surface area contributed by atoms with Crippen LogP contribution in [0.25, 0.3) is 0 Å². The number of rotatable bonds is 9. The number of nitrogens with zero attached hydrogens (tertiary/aromatic N) is 2. The van der Waals surface area contributed by atoms with Gasteiger partial charge in [-0.25, -0.2) is 0 Å². The minimum absolute atomic E-state index is 0.0418. The Morgan fingerprint density at radius 3 is 2.61 bits per heavy atom. The summed E-state index contributed by atoms with van der Waals surface area (Å²) in [6.07, 6.45) is 2.96. The van der Waals surface area contributed by atoms with Crippen molar-refractivity contribution in [1.82, 2.24) is 9.80 Å². The van der Waals surface area contributed by atoms with Gasteiger partial charge in [-0.2, -0.15) is 0 Å². The topological polar surface area (TPSA) is 62.2 Å². The third-order valence-corrected chi connectivity index (χ3v) is 7.38. The first-order valence-electron chi connectivity index (χ1n) is 11.9. The highest BCUT2D eigenvalue weighted by Gasteiger charge is 2.39. The number of benzene rings is 1. The largest absolute Gasteiger partial charge is 0.459 e. The Morgan fingerprint density at radius 1 is 1.15 bits per heavy atom. The fourth-order valence-corrected chi connectivity index (χ4v) is 5.55. The van der Waals surface area contributed by atoms with Crippen LogP contribution < -0.4 is 0 Å². The summed E-state index contributed by atoms with van der Waals surface area (Å²) >= 11 is 1.69. The molecule has 2 aromatic rings. The lowest BCUT2D eigenvalue weighted by atomic mass is 9.84. The van der Waals surface area contributed by atoms with E-state index >= 15 is 0 Å². The van der Waals surface area contributed by atoms with E-state index in [2.05, 4.69) is 40.6 Å². The molecule has 1 aromatic carbocycles. The van der Waals surface area contributed by atoms with Crippen LogP contribution in [0.15, 0.2) is 59.7 Å². The van der Waals surface area contributed by atoms with Crippen LogP contribution in [0.1, 0.15) is 36.1 Å². The van der Waals surface area contributed by atoms with Gasteiger partial charge in [0, 0.05) is 62.7 Å². The lowest BCUT2D eigenvalue weighted by molar-refractivity contribution is -0.170. The SMILES string of the molecule is CCO[C@@H]1OC(C(=O)N2CCN(Cc3ccccc3)CC2)=C[C@H](c2cccs2)[C@@H]1CCCO. The normalized spacial score (nSPS) is 23.8. The van der Waals surface area contributed by atoms with Crippen LogP contribution in [0.4, 0.5) is 0 Å². The van der Waals surface area contributed by atoms with Crippen molar-refractivity contribution in [2.75, 3.05) is 39.4 Å². The number of allylic oxidation sites excluding steroid dienone is 1. The van der Waals surface area contributed by atoms with E-state index in [-0.39, 0.29) is 24.3 Å². The average molecular weight is 471 g/mol. The lowest BCUT2D eigenvalue weighted by Crippen LogP contribution is -2.49. The Hall–Kier alpha value is -2.19. The molecule has 1 amide bonds. The quantitative estimate of drug-likeness (QED) is 0.603. The molecule has 7 heteroatoms. The third-order valence-electron chi connectivity index (χ3n) is 6.40. The molecule has 0 spiro atoms. The highest BCUT2D eigenvalue weighted by Crippen LogP contribution is 2.41. The van der Waals surface area contributed by atoms with Crippen LogP contribution in [-0.4, -0.2) is 66.5 Å². The van der Waals surface area contributed by atoms with Crippen LogP contribution in [-0.2, 0) is 20.8 Å². The van der Waals surface area contributed by atoms with E-state index in [1.54, 1.807) is 11.3 Å².